The van der Waals surface area contributed by atoms with Crippen molar-refractivity contribution >= 4 is 40.3 Å². The highest BCUT2D eigenvalue weighted by atomic mass is 35.5. The average molecular weight is 422 g/mol. The molecule has 0 atom stereocenters. The Hall–Kier alpha value is -3.91. The molecular formula is C21H16ClN5O3. The minimum absolute atomic E-state index is 0.0417. The van der Waals surface area contributed by atoms with E-state index in [4.69, 9.17) is 16.3 Å². The van der Waals surface area contributed by atoms with Crippen LogP contribution in [0.15, 0.2) is 60.8 Å². The maximum atomic E-state index is 12.2. The molecule has 0 bridgehead atoms. The number of rotatable bonds is 4. The number of carbonyl (C=O) groups excluding carboxylic acids is 1. The van der Waals surface area contributed by atoms with Gasteiger partial charge in [-0.15, -0.1) is 0 Å². The van der Waals surface area contributed by atoms with Crippen molar-refractivity contribution in [1.29, 1.82) is 0 Å². The molecule has 0 spiro atoms. The molecule has 0 unspecified atom stereocenters. The van der Waals surface area contributed by atoms with Crippen LogP contribution >= 0.6 is 11.6 Å². The molecule has 4 rings (SSSR count). The first-order chi connectivity index (χ1) is 14.5. The van der Waals surface area contributed by atoms with Gasteiger partial charge in [-0.25, -0.2) is 19.7 Å². The van der Waals surface area contributed by atoms with Crippen LogP contribution in [0.2, 0.25) is 5.02 Å². The minimum atomic E-state index is -0.467. The molecule has 2 heterocycles. The number of phenolic OH excluding ortho intramolecular Hbond substituents is 1. The van der Waals surface area contributed by atoms with E-state index in [1.807, 2.05) is 0 Å². The Kier molecular flexibility index (Phi) is 5.32. The van der Waals surface area contributed by atoms with Gasteiger partial charge in [-0.05, 0) is 54.6 Å². The van der Waals surface area contributed by atoms with Crippen LogP contribution in [0.3, 0.4) is 0 Å². The van der Waals surface area contributed by atoms with Gasteiger partial charge < -0.3 is 15.2 Å². The number of hydrogen-bond acceptors (Lipinski definition) is 6. The highest BCUT2D eigenvalue weighted by Crippen LogP contribution is 2.31. The number of amides is 2. The Morgan fingerprint density at radius 1 is 1.03 bits per heavy atom. The van der Waals surface area contributed by atoms with E-state index in [1.54, 1.807) is 48.5 Å². The average Bonchev–Trinajstić information content (AvgIpc) is 2.75. The number of nitrogens with zero attached hydrogens (tertiary/aromatic N) is 3. The molecule has 0 radical (unpaired) electrons. The lowest BCUT2D eigenvalue weighted by Gasteiger charge is -2.09. The SMILES string of the molecule is COc1cc(-c2ccc3ncc(NC(=O)Nc4ccc(Cl)cc4)nc3n2)ccc1O. The highest BCUT2D eigenvalue weighted by Gasteiger charge is 2.10. The molecular weight excluding hydrogens is 406 g/mol. The van der Waals surface area contributed by atoms with Crippen molar-refractivity contribution < 1.29 is 14.6 Å². The standard InChI is InChI=1S/C21H16ClN5O3/c1-30-18-10-12(2-9-17(18)28)15-7-8-16-20(25-15)26-19(11-23-16)27-21(29)24-14-5-3-13(22)4-6-14/h2-11,28H,1H3,(H2,24,25,26,27,29). The zero-order valence-corrected chi connectivity index (χ0v) is 16.5. The number of anilines is 2. The summed E-state index contributed by atoms with van der Waals surface area (Å²) in [6.45, 7) is 0. The Morgan fingerprint density at radius 3 is 2.60 bits per heavy atom. The monoisotopic (exact) mass is 421 g/mol. The lowest BCUT2D eigenvalue weighted by Crippen LogP contribution is -2.20. The van der Waals surface area contributed by atoms with Gasteiger partial charge in [0.2, 0.25) is 0 Å². The summed E-state index contributed by atoms with van der Waals surface area (Å²) in [5.74, 6) is 0.636. The van der Waals surface area contributed by atoms with Gasteiger partial charge in [-0.2, -0.15) is 0 Å². The molecule has 8 nitrogen and oxygen atoms in total. The fraction of sp³-hybridized carbons (Fsp3) is 0.0476. The van der Waals surface area contributed by atoms with Crippen LogP contribution in [0, 0.1) is 0 Å². The van der Waals surface area contributed by atoms with E-state index in [1.165, 1.54) is 19.4 Å². The predicted molar refractivity (Wildman–Crippen MR) is 115 cm³/mol. The summed E-state index contributed by atoms with van der Waals surface area (Å²) in [5, 5.41) is 15.7. The third-order valence-electron chi connectivity index (χ3n) is 4.23. The second kappa shape index (κ2) is 8.22. The van der Waals surface area contributed by atoms with Gasteiger partial charge in [-0.1, -0.05) is 11.6 Å². The predicted octanol–water partition coefficient (Wildman–Crippen LogP) is 4.70. The number of hydrogen-bond donors (Lipinski definition) is 3. The van der Waals surface area contributed by atoms with E-state index in [0.29, 0.717) is 33.3 Å². The molecule has 150 valence electrons. The lowest BCUT2D eigenvalue weighted by atomic mass is 10.1. The van der Waals surface area contributed by atoms with E-state index in [9.17, 15) is 9.90 Å². The van der Waals surface area contributed by atoms with Gasteiger partial charge in [0.1, 0.15) is 5.52 Å². The summed E-state index contributed by atoms with van der Waals surface area (Å²) in [6.07, 6.45) is 1.45. The Bertz CT molecular complexity index is 1230. The first-order valence-corrected chi connectivity index (χ1v) is 9.24. The fourth-order valence-electron chi connectivity index (χ4n) is 2.77. The van der Waals surface area contributed by atoms with Crippen molar-refractivity contribution in [3.8, 4) is 22.8 Å². The number of phenols is 1. The van der Waals surface area contributed by atoms with E-state index in [0.717, 1.165) is 5.56 Å². The molecule has 0 saturated heterocycles. The zero-order valence-electron chi connectivity index (χ0n) is 15.8. The molecule has 2 aromatic heterocycles. The number of ether oxygens (including phenoxy) is 1. The number of benzene rings is 2. The molecule has 0 aliphatic carbocycles. The molecule has 9 heteroatoms. The topological polar surface area (TPSA) is 109 Å². The van der Waals surface area contributed by atoms with Crippen LogP contribution in [-0.2, 0) is 0 Å². The number of aromatic nitrogens is 3. The number of methoxy groups -OCH3 is 1. The van der Waals surface area contributed by atoms with E-state index >= 15 is 0 Å². The second-order valence-electron chi connectivity index (χ2n) is 6.27. The molecule has 2 amide bonds. The number of carbonyl (C=O) groups is 1. The van der Waals surface area contributed by atoms with Crippen molar-refractivity contribution in [3.05, 3.63) is 65.8 Å². The van der Waals surface area contributed by atoms with Crippen LogP contribution in [0.25, 0.3) is 22.4 Å². The van der Waals surface area contributed by atoms with Gasteiger partial charge >= 0.3 is 6.03 Å². The fourth-order valence-corrected chi connectivity index (χ4v) is 2.89. The number of nitrogens with one attached hydrogen (secondary N) is 2. The lowest BCUT2D eigenvalue weighted by molar-refractivity contribution is 0.262. The number of fused-ring (bicyclic) bond motifs is 1. The number of urea groups is 1. The Labute approximate surface area is 176 Å². The summed E-state index contributed by atoms with van der Waals surface area (Å²) in [7, 11) is 1.48. The maximum Gasteiger partial charge on any atom is 0.324 e. The van der Waals surface area contributed by atoms with E-state index < -0.39 is 6.03 Å². The molecule has 2 aromatic carbocycles. The quantitative estimate of drug-likeness (QED) is 0.440. The largest absolute Gasteiger partial charge is 0.504 e. The van der Waals surface area contributed by atoms with Crippen LogP contribution in [-0.4, -0.2) is 33.2 Å². The third kappa shape index (κ3) is 4.23. The molecule has 4 aromatic rings. The van der Waals surface area contributed by atoms with Gasteiger partial charge in [0, 0.05) is 16.3 Å². The maximum absolute atomic E-state index is 12.2. The summed E-state index contributed by atoms with van der Waals surface area (Å²) in [4.78, 5) is 25.4. The van der Waals surface area contributed by atoms with Crippen LogP contribution < -0.4 is 15.4 Å². The van der Waals surface area contributed by atoms with E-state index in [2.05, 4.69) is 25.6 Å². The first-order valence-electron chi connectivity index (χ1n) is 8.86. The number of aromatic hydroxyl groups is 1. The summed E-state index contributed by atoms with van der Waals surface area (Å²) in [6, 6.07) is 14.8. The van der Waals surface area contributed by atoms with Crippen LogP contribution in [0.4, 0.5) is 16.3 Å². The summed E-state index contributed by atoms with van der Waals surface area (Å²) in [5.41, 5.74) is 2.90. The van der Waals surface area contributed by atoms with Gasteiger partial charge in [0.25, 0.3) is 0 Å². The van der Waals surface area contributed by atoms with Crippen molar-refractivity contribution in [2.75, 3.05) is 17.7 Å². The van der Waals surface area contributed by atoms with Gasteiger partial charge in [0.05, 0.1) is 19.0 Å². The Balaban J connectivity index is 1.57. The van der Waals surface area contributed by atoms with Crippen LogP contribution in [0.5, 0.6) is 11.5 Å². The molecule has 0 aliphatic rings. The van der Waals surface area contributed by atoms with Gasteiger partial charge in [0.15, 0.2) is 23.0 Å². The van der Waals surface area contributed by atoms with Crippen molar-refractivity contribution in [2.24, 2.45) is 0 Å². The molecule has 30 heavy (non-hydrogen) atoms. The number of halogens is 1. The zero-order chi connectivity index (χ0) is 21.1. The van der Waals surface area contributed by atoms with Gasteiger partial charge in [-0.3, -0.25) is 5.32 Å². The highest BCUT2D eigenvalue weighted by molar-refractivity contribution is 6.30. The normalized spacial score (nSPS) is 10.6. The summed E-state index contributed by atoms with van der Waals surface area (Å²) >= 11 is 5.84. The second-order valence-corrected chi connectivity index (χ2v) is 6.70. The minimum Gasteiger partial charge on any atom is -0.504 e. The van der Waals surface area contributed by atoms with E-state index in [-0.39, 0.29) is 11.6 Å². The van der Waals surface area contributed by atoms with Crippen molar-refractivity contribution in [2.45, 2.75) is 0 Å². The number of pyridine rings is 1. The molecule has 3 N–H and O–H groups in total. The van der Waals surface area contributed by atoms with Crippen LogP contribution in [0.1, 0.15) is 0 Å². The molecule has 0 fully saturated rings. The molecule has 0 saturated carbocycles. The summed E-state index contributed by atoms with van der Waals surface area (Å²) < 4.78 is 5.15. The smallest absolute Gasteiger partial charge is 0.324 e. The first kappa shape index (κ1) is 19.4. The third-order valence-corrected chi connectivity index (χ3v) is 4.48. The van der Waals surface area contributed by atoms with Crippen molar-refractivity contribution in [3.63, 3.8) is 0 Å². The Morgan fingerprint density at radius 2 is 1.83 bits per heavy atom. The molecule has 0 aliphatic heterocycles. The van der Waals surface area contributed by atoms with Crippen molar-refractivity contribution in [1.82, 2.24) is 15.0 Å².